The van der Waals surface area contributed by atoms with Crippen LogP contribution in [0.4, 0.5) is 0 Å². The number of benzene rings is 1. The average Bonchev–Trinajstić information content (AvgIpc) is 3.18. The molecule has 2 aliphatic carbocycles. The van der Waals surface area contributed by atoms with Gasteiger partial charge in [0.1, 0.15) is 0 Å². The molecular weight excluding hydrogens is 224 g/mol. The van der Waals surface area contributed by atoms with Crippen molar-refractivity contribution in [2.24, 2.45) is 11.3 Å². The van der Waals surface area contributed by atoms with Crippen LogP contribution in [0.25, 0.3) is 5.57 Å². The Morgan fingerprint density at radius 2 is 2.00 bits per heavy atom. The molecule has 2 aliphatic rings. The third-order valence-electron chi connectivity index (χ3n) is 4.29. The third-order valence-corrected chi connectivity index (χ3v) is 4.29. The van der Waals surface area contributed by atoms with Gasteiger partial charge in [0.15, 0.2) is 0 Å². The van der Waals surface area contributed by atoms with Crippen LogP contribution >= 0.6 is 0 Å². The predicted molar refractivity (Wildman–Crippen MR) is 70.8 cm³/mol. The Kier molecular flexibility index (Phi) is 2.73. The Morgan fingerprint density at radius 1 is 1.28 bits per heavy atom. The molecule has 0 radical (unpaired) electrons. The summed E-state index contributed by atoms with van der Waals surface area (Å²) in [6.07, 6.45) is 6.45. The zero-order valence-electron chi connectivity index (χ0n) is 10.7. The smallest absolute Gasteiger partial charge is 0.308 e. The SMILES string of the molecule is COC(=O)C1CC=C(c2ccccc2)C2(CC2)C1. The second-order valence-electron chi connectivity index (χ2n) is 5.42. The molecule has 1 fully saturated rings. The summed E-state index contributed by atoms with van der Waals surface area (Å²) in [7, 11) is 1.48. The normalized spacial score (nSPS) is 24.5. The lowest BCUT2D eigenvalue weighted by atomic mass is 9.76. The summed E-state index contributed by atoms with van der Waals surface area (Å²) in [5.41, 5.74) is 3.03. The zero-order valence-corrected chi connectivity index (χ0v) is 10.7. The van der Waals surface area contributed by atoms with E-state index in [0.717, 1.165) is 12.8 Å². The van der Waals surface area contributed by atoms with Gasteiger partial charge in [0.25, 0.3) is 0 Å². The van der Waals surface area contributed by atoms with Crippen molar-refractivity contribution >= 4 is 11.5 Å². The van der Waals surface area contributed by atoms with Gasteiger partial charge in [0.05, 0.1) is 13.0 Å². The van der Waals surface area contributed by atoms with Crippen LogP contribution in [0.5, 0.6) is 0 Å². The Bertz CT molecular complexity index is 483. The molecular formula is C16H18O2. The molecule has 1 spiro atoms. The van der Waals surface area contributed by atoms with Crippen molar-refractivity contribution in [1.29, 1.82) is 0 Å². The fraction of sp³-hybridized carbons (Fsp3) is 0.438. The molecule has 1 saturated carbocycles. The molecule has 94 valence electrons. The summed E-state index contributed by atoms with van der Waals surface area (Å²) >= 11 is 0. The molecule has 1 atom stereocenters. The molecule has 0 aliphatic heterocycles. The molecule has 2 nitrogen and oxygen atoms in total. The van der Waals surface area contributed by atoms with Crippen LogP contribution in [0.1, 0.15) is 31.2 Å². The van der Waals surface area contributed by atoms with E-state index in [1.54, 1.807) is 0 Å². The number of esters is 1. The summed E-state index contributed by atoms with van der Waals surface area (Å²) in [5, 5.41) is 0. The number of ether oxygens (including phenoxy) is 1. The van der Waals surface area contributed by atoms with Gasteiger partial charge in [-0.15, -0.1) is 0 Å². The van der Waals surface area contributed by atoms with Crippen LogP contribution in [0.15, 0.2) is 36.4 Å². The zero-order chi connectivity index (χ0) is 12.6. The number of hydrogen-bond acceptors (Lipinski definition) is 2. The molecule has 3 rings (SSSR count). The van der Waals surface area contributed by atoms with Crippen LogP contribution in [0.3, 0.4) is 0 Å². The van der Waals surface area contributed by atoms with E-state index >= 15 is 0 Å². The molecule has 0 bridgehead atoms. The van der Waals surface area contributed by atoms with Gasteiger partial charge in [-0.2, -0.15) is 0 Å². The minimum atomic E-state index is -0.0513. The molecule has 1 aromatic carbocycles. The Balaban J connectivity index is 1.89. The van der Waals surface area contributed by atoms with Gasteiger partial charge in [-0.3, -0.25) is 4.79 Å². The van der Waals surface area contributed by atoms with E-state index in [9.17, 15) is 4.79 Å². The summed E-state index contributed by atoms with van der Waals surface area (Å²) in [6, 6.07) is 10.6. The third kappa shape index (κ3) is 1.86. The van der Waals surface area contributed by atoms with Crippen molar-refractivity contribution in [1.82, 2.24) is 0 Å². The first-order valence-electron chi connectivity index (χ1n) is 6.59. The van der Waals surface area contributed by atoms with E-state index < -0.39 is 0 Å². The maximum Gasteiger partial charge on any atom is 0.308 e. The van der Waals surface area contributed by atoms with Crippen LogP contribution < -0.4 is 0 Å². The largest absolute Gasteiger partial charge is 0.469 e. The lowest BCUT2D eigenvalue weighted by molar-refractivity contribution is -0.146. The maximum absolute atomic E-state index is 11.7. The predicted octanol–water partition coefficient (Wildman–Crippen LogP) is 3.43. The molecule has 1 unspecified atom stereocenters. The van der Waals surface area contributed by atoms with Crippen LogP contribution in [-0.2, 0) is 9.53 Å². The molecule has 0 N–H and O–H groups in total. The Morgan fingerprint density at radius 3 is 2.61 bits per heavy atom. The molecule has 2 heteroatoms. The van der Waals surface area contributed by atoms with E-state index in [0.29, 0.717) is 0 Å². The molecule has 0 amide bonds. The lowest BCUT2D eigenvalue weighted by Crippen LogP contribution is -2.24. The number of hydrogen-bond donors (Lipinski definition) is 0. The van der Waals surface area contributed by atoms with E-state index in [1.807, 2.05) is 6.07 Å². The molecule has 0 heterocycles. The van der Waals surface area contributed by atoms with Gasteiger partial charge in [-0.05, 0) is 42.2 Å². The fourth-order valence-corrected chi connectivity index (χ4v) is 3.15. The van der Waals surface area contributed by atoms with Crippen molar-refractivity contribution < 1.29 is 9.53 Å². The van der Waals surface area contributed by atoms with E-state index in [4.69, 9.17) is 4.74 Å². The minimum absolute atomic E-state index is 0.0513. The van der Waals surface area contributed by atoms with Gasteiger partial charge in [0, 0.05) is 0 Å². The quantitative estimate of drug-likeness (QED) is 0.743. The first-order valence-corrected chi connectivity index (χ1v) is 6.59. The summed E-state index contributed by atoms with van der Waals surface area (Å²) in [4.78, 5) is 11.7. The minimum Gasteiger partial charge on any atom is -0.469 e. The van der Waals surface area contributed by atoms with Gasteiger partial charge in [-0.1, -0.05) is 36.4 Å². The maximum atomic E-state index is 11.7. The number of carbonyl (C=O) groups excluding carboxylic acids is 1. The summed E-state index contributed by atoms with van der Waals surface area (Å²) in [5.74, 6) is 0.00889. The lowest BCUT2D eigenvalue weighted by Gasteiger charge is -2.29. The van der Waals surface area contributed by atoms with Gasteiger partial charge < -0.3 is 4.74 Å². The highest BCUT2D eigenvalue weighted by Crippen LogP contribution is 2.62. The van der Waals surface area contributed by atoms with Gasteiger partial charge in [0.2, 0.25) is 0 Å². The second-order valence-corrected chi connectivity index (χ2v) is 5.42. The van der Waals surface area contributed by atoms with Crippen LogP contribution in [0, 0.1) is 11.3 Å². The highest BCUT2D eigenvalue weighted by molar-refractivity contribution is 5.79. The molecule has 0 aromatic heterocycles. The first kappa shape index (κ1) is 11.5. The standard InChI is InChI=1S/C16H18O2/c1-18-15(17)13-7-8-14(16(11-13)9-10-16)12-5-3-2-4-6-12/h2-6,8,13H,7,9-11H2,1H3. The van der Waals surface area contributed by atoms with Gasteiger partial charge >= 0.3 is 5.97 Å². The van der Waals surface area contributed by atoms with Crippen molar-refractivity contribution in [3.63, 3.8) is 0 Å². The topological polar surface area (TPSA) is 26.3 Å². The highest BCUT2D eigenvalue weighted by atomic mass is 16.5. The van der Waals surface area contributed by atoms with Crippen molar-refractivity contribution in [2.45, 2.75) is 25.7 Å². The Hall–Kier alpha value is -1.57. The van der Waals surface area contributed by atoms with Gasteiger partial charge in [-0.25, -0.2) is 0 Å². The number of rotatable bonds is 2. The monoisotopic (exact) mass is 242 g/mol. The number of allylic oxidation sites excluding steroid dienone is 2. The van der Waals surface area contributed by atoms with E-state index in [2.05, 4.69) is 30.3 Å². The van der Waals surface area contributed by atoms with Crippen molar-refractivity contribution in [3.8, 4) is 0 Å². The highest BCUT2D eigenvalue weighted by Gasteiger charge is 2.50. The number of carbonyl (C=O) groups is 1. The fourth-order valence-electron chi connectivity index (χ4n) is 3.15. The summed E-state index contributed by atoms with van der Waals surface area (Å²) in [6.45, 7) is 0. The van der Waals surface area contributed by atoms with E-state index in [1.165, 1.54) is 31.1 Å². The molecule has 0 saturated heterocycles. The van der Waals surface area contributed by atoms with E-state index in [-0.39, 0.29) is 17.3 Å². The molecule has 1 aromatic rings. The van der Waals surface area contributed by atoms with Crippen molar-refractivity contribution in [2.75, 3.05) is 7.11 Å². The second kappa shape index (κ2) is 4.27. The van der Waals surface area contributed by atoms with Crippen molar-refractivity contribution in [3.05, 3.63) is 42.0 Å². The van der Waals surface area contributed by atoms with Crippen LogP contribution in [0.2, 0.25) is 0 Å². The average molecular weight is 242 g/mol. The number of methoxy groups -OCH3 is 1. The van der Waals surface area contributed by atoms with Crippen LogP contribution in [-0.4, -0.2) is 13.1 Å². The first-order chi connectivity index (χ1) is 8.75. The molecule has 18 heavy (non-hydrogen) atoms. The summed E-state index contributed by atoms with van der Waals surface area (Å²) < 4.78 is 4.88. The Labute approximate surface area is 108 Å².